The zero-order chi connectivity index (χ0) is 39.1. The number of nitrogens with zero attached hydrogens (tertiary/aromatic N) is 1. The largest absolute Gasteiger partial charge is 0.493 e. The Bertz CT molecular complexity index is 2350. The van der Waals surface area contributed by atoms with Crippen molar-refractivity contribution in [2.75, 3.05) is 52.5 Å². The first-order valence-corrected chi connectivity index (χ1v) is 17.7. The van der Waals surface area contributed by atoms with E-state index >= 15 is 0 Å². The van der Waals surface area contributed by atoms with Crippen LogP contribution in [0.25, 0.3) is 28.0 Å². The maximum atomic E-state index is 14.9. The number of halogens is 6. The van der Waals surface area contributed by atoms with E-state index < -0.39 is 34.5 Å². The molecule has 8 rings (SSSR count). The van der Waals surface area contributed by atoms with Gasteiger partial charge in [0.1, 0.15) is 5.75 Å². The predicted octanol–water partition coefficient (Wildman–Crippen LogP) is 10.4. The SMILES string of the molecule is COc1cc2c3c(c4c(c2c(OC)c1OC)OC(c1ccccc1)(c1ccc(N2CCOCC2)cc1)C=C4)C(C)(C)c1c-3cc(C(F)(F)F)cc1C(F)(F)F. The number of hydrogen-bond acceptors (Lipinski definition) is 6. The molecule has 286 valence electrons. The Hall–Kier alpha value is -5.36. The summed E-state index contributed by atoms with van der Waals surface area (Å²) in [5.41, 5.74) is -2.39. The van der Waals surface area contributed by atoms with Crippen molar-refractivity contribution < 1.29 is 50.0 Å². The van der Waals surface area contributed by atoms with Gasteiger partial charge in [-0.25, -0.2) is 0 Å². The Morgan fingerprint density at radius 2 is 1.38 bits per heavy atom. The summed E-state index contributed by atoms with van der Waals surface area (Å²) in [7, 11) is 4.22. The maximum absolute atomic E-state index is 14.9. The number of rotatable bonds is 6. The molecule has 0 amide bonds. The van der Waals surface area contributed by atoms with Gasteiger partial charge in [-0.2, -0.15) is 26.3 Å². The standard InChI is InChI=1S/C43H37F6NO5/c1-40(2)35-30(21-26(42(44,45)46)22-31(35)43(47,48)49)33-29-23-32(51-3)38(52-4)39(53-5)34(29)37-28(36(33)40)15-16-41(55-37,24-9-7-6-8-10-24)25-11-13-27(14-12-25)50-17-19-54-20-18-50/h6-16,21-23H,17-20H2,1-5H3. The monoisotopic (exact) mass is 761 g/mol. The second-order valence-corrected chi connectivity index (χ2v) is 14.3. The molecule has 0 bridgehead atoms. The highest BCUT2D eigenvalue weighted by molar-refractivity contribution is 6.12. The second kappa shape index (κ2) is 12.9. The maximum Gasteiger partial charge on any atom is 0.416 e. The quantitative estimate of drug-likeness (QED) is 0.161. The van der Waals surface area contributed by atoms with Crippen LogP contribution in [0.4, 0.5) is 32.0 Å². The van der Waals surface area contributed by atoms with Gasteiger partial charge < -0.3 is 28.6 Å². The normalized spacial score (nSPS) is 18.7. The first kappa shape index (κ1) is 36.6. The number of anilines is 1. The highest BCUT2D eigenvalue weighted by Crippen LogP contribution is 2.63. The molecular weight excluding hydrogens is 724 g/mol. The van der Waals surface area contributed by atoms with Crippen LogP contribution in [-0.2, 0) is 28.1 Å². The minimum absolute atomic E-state index is 0.144. The van der Waals surface area contributed by atoms with Crippen LogP contribution >= 0.6 is 0 Å². The molecule has 0 radical (unpaired) electrons. The molecule has 5 aromatic carbocycles. The van der Waals surface area contributed by atoms with Crippen molar-refractivity contribution in [3.05, 3.63) is 118 Å². The summed E-state index contributed by atoms with van der Waals surface area (Å²) in [6.07, 6.45) is -6.48. The average Bonchev–Trinajstić information content (AvgIpc) is 3.42. The molecule has 2 heterocycles. The molecule has 55 heavy (non-hydrogen) atoms. The van der Waals surface area contributed by atoms with E-state index in [-0.39, 0.29) is 51.1 Å². The number of methoxy groups -OCH3 is 3. The minimum atomic E-state index is -5.10. The summed E-state index contributed by atoms with van der Waals surface area (Å²) in [5.74, 6) is 0.754. The fourth-order valence-corrected chi connectivity index (χ4v) is 8.61. The van der Waals surface area contributed by atoms with Crippen LogP contribution in [-0.4, -0.2) is 47.6 Å². The van der Waals surface area contributed by atoms with E-state index in [1.807, 2.05) is 66.7 Å². The first-order valence-electron chi connectivity index (χ1n) is 17.7. The minimum Gasteiger partial charge on any atom is -0.493 e. The third-order valence-corrected chi connectivity index (χ3v) is 11.0. The van der Waals surface area contributed by atoms with Crippen LogP contribution in [0, 0.1) is 0 Å². The van der Waals surface area contributed by atoms with Gasteiger partial charge in [0.15, 0.2) is 17.1 Å². The first-order chi connectivity index (χ1) is 26.2. The Labute approximate surface area is 313 Å². The highest BCUT2D eigenvalue weighted by atomic mass is 19.4. The number of hydrogen-bond donors (Lipinski definition) is 0. The van der Waals surface area contributed by atoms with Crippen LogP contribution in [0.1, 0.15) is 52.8 Å². The van der Waals surface area contributed by atoms with Crippen molar-refractivity contribution >= 4 is 22.5 Å². The van der Waals surface area contributed by atoms with E-state index in [0.717, 1.165) is 36.0 Å². The lowest BCUT2D eigenvalue weighted by molar-refractivity contribution is -0.143. The third kappa shape index (κ3) is 5.58. The predicted molar refractivity (Wildman–Crippen MR) is 198 cm³/mol. The lowest BCUT2D eigenvalue weighted by atomic mass is 9.75. The van der Waals surface area contributed by atoms with Gasteiger partial charge in [0.2, 0.25) is 5.75 Å². The van der Waals surface area contributed by atoms with Crippen LogP contribution in [0.5, 0.6) is 23.0 Å². The molecule has 5 aromatic rings. The van der Waals surface area contributed by atoms with E-state index in [1.165, 1.54) is 21.3 Å². The summed E-state index contributed by atoms with van der Waals surface area (Å²) >= 11 is 0. The van der Waals surface area contributed by atoms with Crippen molar-refractivity contribution in [2.24, 2.45) is 0 Å². The summed E-state index contributed by atoms with van der Waals surface area (Å²) < 4.78 is 118. The van der Waals surface area contributed by atoms with Gasteiger partial charge in [0, 0.05) is 46.3 Å². The van der Waals surface area contributed by atoms with Gasteiger partial charge in [-0.1, -0.05) is 62.4 Å². The van der Waals surface area contributed by atoms with Crippen molar-refractivity contribution in [3.63, 3.8) is 0 Å². The van der Waals surface area contributed by atoms with Crippen molar-refractivity contribution in [2.45, 2.75) is 37.2 Å². The summed E-state index contributed by atoms with van der Waals surface area (Å²) in [6, 6.07) is 20.1. The molecule has 1 saturated heterocycles. The Balaban J connectivity index is 1.47. The van der Waals surface area contributed by atoms with Gasteiger partial charge >= 0.3 is 12.4 Å². The van der Waals surface area contributed by atoms with Crippen molar-refractivity contribution in [1.29, 1.82) is 0 Å². The molecule has 0 saturated carbocycles. The third-order valence-electron chi connectivity index (χ3n) is 11.0. The summed E-state index contributed by atoms with van der Waals surface area (Å²) in [5, 5.41) is 0.584. The van der Waals surface area contributed by atoms with Gasteiger partial charge in [-0.3, -0.25) is 0 Å². The number of alkyl halides is 6. The molecule has 0 spiro atoms. The smallest absolute Gasteiger partial charge is 0.416 e. The molecule has 2 aliphatic heterocycles. The topological polar surface area (TPSA) is 49.4 Å². The molecule has 1 aliphatic carbocycles. The summed E-state index contributed by atoms with van der Waals surface area (Å²) in [4.78, 5) is 2.23. The Kier molecular flexibility index (Phi) is 8.56. The van der Waals surface area contributed by atoms with E-state index in [9.17, 15) is 26.3 Å². The lowest BCUT2D eigenvalue weighted by Gasteiger charge is -2.39. The van der Waals surface area contributed by atoms with Crippen LogP contribution in [0.2, 0.25) is 0 Å². The van der Waals surface area contributed by atoms with Crippen LogP contribution in [0.15, 0.2) is 78.9 Å². The molecule has 1 fully saturated rings. The molecule has 0 N–H and O–H groups in total. The molecule has 6 nitrogen and oxygen atoms in total. The fourth-order valence-electron chi connectivity index (χ4n) is 8.61. The average molecular weight is 762 g/mol. The van der Waals surface area contributed by atoms with Crippen LogP contribution < -0.4 is 23.8 Å². The van der Waals surface area contributed by atoms with Gasteiger partial charge in [0.25, 0.3) is 0 Å². The molecule has 12 heteroatoms. The molecule has 0 aromatic heterocycles. The van der Waals surface area contributed by atoms with Gasteiger partial charge in [-0.15, -0.1) is 0 Å². The Morgan fingerprint density at radius 1 is 0.727 bits per heavy atom. The zero-order valence-corrected chi connectivity index (χ0v) is 30.7. The van der Waals surface area contributed by atoms with E-state index in [0.29, 0.717) is 29.7 Å². The summed E-state index contributed by atoms with van der Waals surface area (Å²) in [6.45, 7) is 5.92. The van der Waals surface area contributed by atoms with E-state index in [1.54, 1.807) is 19.9 Å². The van der Waals surface area contributed by atoms with Gasteiger partial charge in [-0.05, 0) is 58.7 Å². The van der Waals surface area contributed by atoms with E-state index in [2.05, 4.69) is 4.90 Å². The van der Waals surface area contributed by atoms with Crippen molar-refractivity contribution in [3.8, 4) is 34.1 Å². The van der Waals surface area contributed by atoms with Gasteiger partial charge in [0.05, 0.1) is 51.1 Å². The lowest BCUT2D eigenvalue weighted by Crippen LogP contribution is -2.37. The number of benzene rings is 5. The van der Waals surface area contributed by atoms with E-state index in [4.69, 9.17) is 23.7 Å². The second-order valence-electron chi connectivity index (χ2n) is 14.3. The van der Waals surface area contributed by atoms with Crippen molar-refractivity contribution in [1.82, 2.24) is 0 Å². The number of fused-ring (bicyclic) bond motifs is 8. The molecule has 1 unspecified atom stereocenters. The fraction of sp³-hybridized carbons (Fsp3) is 0.302. The molecule has 3 aliphatic rings. The number of morpholine rings is 1. The van der Waals surface area contributed by atoms with Crippen LogP contribution in [0.3, 0.4) is 0 Å². The highest BCUT2D eigenvalue weighted by Gasteiger charge is 2.50. The Morgan fingerprint density at radius 3 is 1.98 bits per heavy atom. The zero-order valence-electron chi connectivity index (χ0n) is 30.7. The molecular formula is C43H37F6NO5. The number of ether oxygens (including phenoxy) is 5. The molecule has 1 atom stereocenters.